The molecule has 2 rings (SSSR count). The first kappa shape index (κ1) is 13.0. The molecule has 0 atom stereocenters. The second kappa shape index (κ2) is 5.06. The third-order valence-electron chi connectivity index (χ3n) is 2.70. The van der Waals surface area contributed by atoms with E-state index in [0.29, 0.717) is 16.8 Å². The fourth-order valence-corrected chi connectivity index (χ4v) is 2.27. The van der Waals surface area contributed by atoms with Gasteiger partial charge in [0.1, 0.15) is 5.82 Å². The van der Waals surface area contributed by atoms with Crippen LogP contribution in [0.1, 0.15) is 31.0 Å². The lowest BCUT2D eigenvalue weighted by molar-refractivity contribution is 0.584. The van der Waals surface area contributed by atoms with Gasteiger partial charge in [0.05, 0.1) is 16.7 Å². The van der Waals surface area contributed by atoms with Crippen LogP contribution in [0.2, 0.25) is 0 Å². The molecule has 4 nitrogen and oxygen atoms in total. The van der Waals surface area contributed by atoms with Crippen LogP contribution in [0.3, 0.4) is 0 Å². The highest BCUT2D eigenvalue weighted by Gasteiger charge is 2.15. The normalized spacial score (nSPS) is 11.2. The molecule has 0 saturated carbocycles. The molecule has 0 aliphatic heterocycles. The summed E-state index contributed by atoms with van der Waals surface area (Å²) < 4.78 is 15.6. The number of hydrogen-bond acceptors (Lipinski definition) is 3. The third-order valence-corrected chi connectivity index (χ3v) is 3.59. The molecule has 0 unspecified atom stereocenters. The minimum Gasteiger partial charge on any atom is -0.381 e. The van der Waals surface area contributed by atoms with Crippen LogP contribution in [0.4, 0.5) is 10.2 Å². The van der Waals surface area contributed by atoms with E-state index in [2.05, 4.69) is 26.2 Å². The Hall–Kier alpha value is -1.43. The van der Waals surface area contributed by atoms with Crippen molar-refractivity contribution in [3.8, 4) is 0 Å². The van der Waals surface area contributed by atoms with Crippen LogP contribution in [0.15, 0.2) is 22.7 Å². The number of nitrogens with two attached hydrogens (primary N) is 1. The summed E-state index contributed by atoms with van der Waals surface area (Å²) in [7, 11) is 0. The van der Waals surface area contributed by atoms with Crippen LogP contribution < -0.4 is 5.73 Å². The van der Waals surface area contributed by atoms with Gasteiger partial charge < -0.3 is 5.73 Å². The van der Waals surface area contributed by atoms with Gasteiger partial charge >= 0.3 is 0 Å². The largest absolute Gasteiger partial charge is 0.381 e. The third kappa shape index (κ3) is 2.38. The zero-order valence-electron chi connectivity index (χ0n) is 10.2. The summed E-state index contributed by atoms with van der Waals surface area (Å²) in [4.78, 5) is 0. The Morgan fingerprint density at radius 3 is 2.83 bits per heavy atom. The van der Waals surface area contributed by atoms with Crippen molar-refractivity contribution in [1.82, 2.24) is 15.0 Å². The van der Waals surface area contributed by atoms with Gasteiger partial charge in [-0.05, 0) is 33.5 Å². The van der Waals surface area contributed by atoms with Crippen molar-refractivity contribution in [2.45, 2.75) is 26.3 Å². The molecular weight excluding hydrogens is 299 g/mol. The summed E-state index contributed by atoms with van der Waals surface area (Å²) in [6.45, 7) is 4.48. The van der Waals surface area contributed by atoms with Gasteiger partial charge in [0.25, 0.3) is 0 Å². The van der Waals surface area contributed by atoms with Gasteiger partial charge in [0.2, 0.25) is 0 Å². The summed E-state index contributed by atoms with van der Waals surface area (Å²) in [6, 6.07) is 4.92. The van der Waals surface area contributed by atoms with Crippen molar-refractivity contribution in [1.29, 1.82) is 0 Å². The number of aromatic nitrogens is 3. The SMILES string of the molecule is CC(C)c1c(N)nnn1Cc1cccc(F)c1Br. The van der Waals surface area contributed by atoms with E-state index in [9.17, 15) is 4.39 Å². The molecule has 0 aliphatic carbocycles. The number of hydrogen-bond donors (Lipinski definition) is 1. The van der Waals surface area contributed by atoms with Crippen LogP contribution in [0.5, 0.6) is 0 Å². The van der Waals surface area contributed by atoms with E-state index in [-0.39, 0.29) is 11.7 Å². The number of halogens is 2. The topological polar surface area (TPSA) is 56.7 Å². The number of nitrogens with zero attached hydrogens (tertiary/aromatic N) is 3. The maximum atomic E-state index is 13.4. The second-order valence-electron chi connectivity index (χ2n) is 4.39. The molecule has 2 aromatic rings. The zero-order chi connectivity index (χ0) is 13.3. The molecule has 0 aliphatic rings. The summed E-state index contributed by atoms with van der Waals surface area (Å²) in [5.74, 6) is 0.358. The molecule has 0 amide bonds. The van der Waals surface area contributed by atoms with Crippen LogP contribution in [0, 0.1) is 5.82 Å². The molecule has 18 heavy (non-hydrogen) atoms. The van der Waals surface area contributed by atoms with Crippen molar-refractivity contribution in [2.24, 2.45) is 0 Å². The molecule has 0 bridgehead atoms. The van der Waals surface area contributed by atoms with Crippen molar-refractivity contribution < 1.29 is 4.39 Å². The van der Waals surface area contributed by atoms with Crippen molar-refractivity contribution >= 4 is 21.7 Å². The molecule has 1 heterocycles. The summed E-state index contributed by atoms with van der Waals surface area (Å²) >= 11 is 3.24. The highest BCUT2D eigenvalue weighted by Crippen LogP contribution is 2.24. The number of benzene rings is 1. The van der Waals surface area contributed by atoms with E-state index in [0.717, 1.165) is 11.3 Å². The van der Waals surface area contributed by atoms with E-state index in [1.807, 2.05) is 19.9 Å². The first-order valence-electron chi connectivity index (χ1n) is 5.62. The Balaban J connectivity index is 2.37. The maximum absolute atomic E-state index is 13.4. The standard InChI is InChI=1S/C12H14BrFN4/c1-7(2)11-12(15)16-17-18(11)6-8-4-3-5-9(14)10(8)13/h3-5,7H,6,15H2,1-2H3. The van der Waals surface area contributed by atoms with Crippen LogP contribution in [-0.2, 0) is 6.54 Å². The summed E-state index contributed by atoms with van der Waals surface area (Å²) in [6.07, 6.45) is 0. The van der Waals surface area contributed by atoms with E-state index >= 15 is 0 Å². The Bertz CT molecular complexity index is 565. The van der Waals surface area contributed by atoms with E-state index in [1.54, 1.807) is 10.7 Å². The molecule has 0 radical (unpaired) electrons. The number of nitrogen functional groups attached to an aromatic ring is 1. The molecule has 0 fully saturated rings. The summed E-state index contributed by atoms with van der Waals surface area (Å²) in [5, 5.41) is 7.87. The fraction of sp³-hybridized carbons (Fsp3) is 0.333. The Kier molecular flexibility index (Phi) is 3.65. The van der Waals surface area contributed by atoms with E-state index < -0.39 is 0 Å². The Morgan fingerprint density at radius 2 is 2.17 bits per heavy atom. The van der Waals surface area contributed by atoms with Crippen LogP contribution in [-0.4, -0.2) is 15.0 Å². The Labute approximate surface area is 113 Å². The highest BCUT2D eigenvalue weighted by molar-refractivity contribution is 9.10. The predicted octanol–water partition coefficient (Wildman–Crippen LogP) is 2.93. The summed E-state index contributed by atoms with van der Waals surface area (Å²) in [5.41, 5.74) is 7.46. The van der Waals surface area contributed by atoms with Crippen molar-refractivity contribution in [2.75, 3.05) is 5.73 Å². The van der Waals surface area contributed by atoms with E-state index in [1.165, 1.54) is 6.07 Å². The number of anilines is 1. The van der Waals surface area contributed by atoms with Gasteiger partial charge in [0, 0.05) is 0 Å². The lowest BCUT2D eigenvalue weighted by atomic mass is 10.1. The molecule has 1 aromatic heterocycles. The molecular formula is C12H14BrFN4. The van der Waals surface area contributed by atoms with Crippen molar-refractivity contribution in [3.63, 3.8) is 0 Å². The number of rotatable bonds is 3. The monoisotopic (exact) mass is 312 g/mol. The van der Waals surface area contributed by atoms with Crippen LogP contribution >= 0.6 is 15.9 Å². The first-order valence-corrected chi connectivity index (χ1v) is 6.41. The van der Waals surface area contributed by atoms with Gasteiger partial charge in [-0.15, -0.1) is 5.10 Å². The molecule has 1 aromatic carbocycles. The first-order chi connectivity index (χ1) is 8.50. The maximum Gasteiger partial charge on any atom is 0.169 e. The minimum atomic E-state index is -0.285. The fourth-order valence-electron chi connectivity index (χ4n) is 1.88. The average Bonchev–Trinajstić information content (AvgIpc) is 2.66. The zero-order valence-corrected chi connectivity index (χ0v) is 11.8. The minimum absolute atomic E-state index is 0.215. The van der Waals surface area contributed by atoms with Gasteiger partial charge in [-0.2, -0.15) is 0 Å². The second-order valence-corrected chi connectivity index (χ2v) is 5.18. The van der Waals surface area contributed by atoms with Crippen molar-refractivity contribution in [3.05, 3.63) is 39.7 Å². The molecule has 6 heteroatoms. The smallest absolute Gasteiger partial charge is 0.169 e. The molecule has 2 N–H and O–H groups in total. The van der Waals surface area contributed by atoms with Gasteiger partial charge in [-0.25, -0.2) is 9.07 Å². The van der Waals surface area contributed by atoms with Gasteiger partial charge in [-0.3, -0.25) is 0 Å². The molecule has 96 valence electrons. The van der Waals surface area contributed by atoms with Gasteiger partial charge in [-0.1, -0.05) is 31.2 Å². The predicted molar refractivity (Wildman–Crippen MR) is 71.7 cm³/mol. The molecule has 0 saturated heterocycles. The average molecular weight is 313 g/mol. The van der Waals surface area contributed by atoms with E-state index in [4.69, 9.17) is 5.73 Å². The highest BCUT2D eigenvalue weighted by atomic mass is 79.9. The van der Waals surface area contributed by atoms with Crippen LogP contribution in [0.25, 0.3) is 0 Å². The molecule has 0 spiro atoms. The quantitative estimate of drug-likeness (QED) is 0.948. The Morgan fingerprint density at radius 1 is 1.44 bits per heavy atom. The lowest BCUT2D eigenvalue weighted by Gasteiger charge is -2.11. The lowest BCUT2D eigenvalue weighted by Crippen LogP contribution is -2.09. The van der Waals surface area contributed by atoms with Gasteiger partial charge in [0.15, 0.2) is 5.82 Å².